The van der Waals surface area contributed by atoms with Crippen molar-refractivity contribution in [3.05, 3.63) is 0 Å². The Labute approximate surface area is 523 Å². The van der Waals surface area contributed by atoms with Crippen molar-refractivity contribution in [3.63, 3.8) is 0 Å². The summed E-state index contributed by atoms with van der Waals surface area (Å²) in [6, 6.07) is -11.3. The number of ether oxygens (including phenoxy) is 9. The summed E-state index contributed by atoms with van der Waals surface area (Å²) >= 11 is 0. The van der Waals surface area contributed by atoms with Crippen LogP contribution in [0.4, 0.5) is 0 Å². The Morgan fingerprint density at radius 1 is 0.231 bits per heavy atom. The molecule has 36 heteroatoms. The van der Waals surface area contributed by atoms with E-state index >= 15 is 0 Å². The lowest BCUT2D eigenvalue weighted by molar-refractivity contribution is -0.147. The van der Waals surface area contributed by atoms with Crippen LogP contribution < -0.4 is 48.3 Å². The average Bonchev–Trinajstić information content (AvgIpc) is 2.92. The first kappa shape index (κ1) is 81.5. The van der Waals surface area contributed by atoms with Crippen LogP contribution in [0.25, 0.3) is 0 Å². The van der Waals surface area contributed by atoms with Crippen LogP contribution in [0.1, 0.15) is 122 Å². The van der Waals surface area contributed by atoms with Gasteiger partial charge in [-0.3, -0.25) is 47.9 Å². The first-order valence-electron chi connectivity index (χ1n) is 28.3. The number of primary amides is 1. The molecule has 0 spiro atoms. The fourth-order valence-corrected chi connectivity index (χ4v) is 8.14. The minimum absolute atomic E-state index is 0.0982. The second-order valence-corrected chi connectivity index (χ2v) is 19.9. The predicted octanol–water partition coefficient (Wildman–Crippen LogP) is -4.44. The van der Waals surface area contributed by atoms with Crippen LogP contribution in [-0.4, -0.2) is 219 Å². The first-order valence-corrected chi connectivity index (χ1v) is 28.3. The van der Waals surface area contributed by atoms with Crippen molar-refractivity contribution in [2.75, 3.05) is 64.0 Å². The molecule has 0 saturated carbocycles. The molecular formula is C55H85N9O27. The lowest BCUT2D eigenvalue weighted by Gasteiger charge is -2.21. The topological polar surface area (TPSA) is 513 Å². The number of esters is 9. The van der Waals surface area contributed by atoms with Gasteiger partial charge in [-0.2, -0.15) is 0 Å². The van der Waals surface area contributed by atoms with Gasteiger partial charge >= 0.3 is 53.7 Å². The fraction of sp³-hybridized carbons (Fsp3) is 0.673. The Kier molecular flexibility index (Phi) is 40.1. The number of methoxy groups -OCH3 is 9. The van der Waals surface area contributed by atoms with Crippen molar-refractivity contribution < 1.29 is 129 Å². The van der Waals surface area contributed by atoms with Crippen LogP contribution in [0.5, 0.6) is 0 Å². The van der Waals surface area contributed by atoms with E-state index in [9.17, 15) is 86.3 Å². The van der Waals surface area contributed by atoms with Crippen molar-refractivity contribution in [1.82, 2.24) is 42.5 Å². The second-order valence-electron chi connectivity index (χ2n) is 19.9. The van der Waals surface area contributed by atoms with E-state index in [1.807, 2.05) is 0 Å². The molecule has 0 aliphatic heterocycles. The summed E-state index contributed by atoms with van der Waals surface area (Å²) in [5, 5.41) is 19.0. The molecule has 0 aliphatic rings. The molecule has 36 nitrogen and oxygen atoms in total. The third-order valence-corrected chi connectivity index (χ3v) is 13.3. The van der Waals surface area contributed by atoms with Crippen LogP contribution in [0.3, 0.4) is 0 Å². The normalized spacial score (nSPS) is 13.5. The molecule has 0 fully saturated rings. The SMILES string of the molecule is COC(=O)C(C)CCC(=O)NC(CCC(=O)NC(CCC(=O)NC(CCC(=O)NC(CCC(=O)NC(CCC(=O)NC(CCC(=O)NC(CCC(=O)NC(CCC(N)=O)C(=O)OC)C(=O)OC)C(=O)OC)C(=O)OC)C(=O)OC)C(=O)OC)C(=O)OC)C(=O)OC. The van der Waals surface area contributed by atoms with Crippen molar-refractivity contribution >= 4 is 107 Å². The Balaban J connectivity index is 5.64. The zero-order valence-electron chi connectivity index (χ0n) is 52.5. The number of hydrogen-bond donors (Lipinski definition) is 9. The molecule has 0 bridgehead atoms. The Morgan fingerprint density at radius 2 is 0.363 bits per heavy atom. The Bertz CT molecular complexity index is 2560. The molecule has 9 atom stereocenters. The third kappa shape index (κ3) is 33.6. The largest absolute Gasteiger partial charge is 0.469 e. The maximum absolute atomic E-state index is 13.2. The van der Waals surface area contributed by atoms with Crippen molar-refractivity contribution in [2.45, 2.75) is 171 Å². The zero-order valence-corrected chi connectivity index (χ0v) is 52.5. The number of carbonyl (C=O) groups excluding carboxylic acids is 18. The van der Waals surface area contributed by atoms with Crippen LogP contribution >= 0.6 is 0 Å². The van der Waals surface area contributed by atoms with Gasteiger partial charge in [0.1, 0.15) is 48.3 Å². The number of nitrogens with one attached hydrogen (secondary N) is 8. The van der Waals surface area contributed by atoms with E-state index in [0.29, 0.717) is 0 Å². The van der Waals surface area contributed by atoms with Gasteiger partial charge < -0.3 is 90.9 Å². The number of hydrogen-bond acceptors (Lipinski definition) is 27. The first-order chi connectivity index (χ1) is 43.0. The molecule has 0 aromatic carbocycles. The maximum atomic E-state index is 13.2. The molecule has 10 N–H and O–H groups in total. The van der Waals surface area contributed by atoms with Gasteiger partial charge in [0.25, 0.3) is 0 Å². The Hall–Kier alpha value is -9.54. The summed E-state index contributed by atoms with van der Waals surface area (Å²) < 4.78 is 42.5. The summed E-state index contributed by atoms with van der Waals surface area (Å²) in [6.07, 6.45) is -6.68. The Morgan fingerprint density at radius 3 is 0.495 bits per heavy atom. The van der Waals surface area contributed by atoms with Gasteiger partial charge in [-0.05, 0) is 57.8 Å². The molecular weight excluding hydrogens is 1220 g/mol. The van der Waals surface area contributed by atoms with Crippen molar-refractivity contribution in [1.29, 1.82) is 0 Å². The van der Waals surface area contributed by atoms with Gasteiger partial charge in [0.15, 0.2) is 0 Å². The quantitative estimate of drug-likeness (QED) is 0.0205. The standard InChI is InChI=1S/C55H85N9O27/c1-29(47(74)83-2)11-21-39(66)58-31(49(76)85-4)13-23-41(68)60-33(51(78)87-6)15-25-43(70)62-35(53(80)89-8)17-27-45(72)64-37(55(82)91-10)19-28-46(73)63-36(54(81)90-9)18-26-44(71)61-34(52(79)88-7)16-24-42(69)59-32(50(77)86-5)14-22-40(67)57-30(48(75)84-3)12-20-38(56)65/h29-37H,11-28H2,1-10H3,(H2,56,65)(H,57,67)(H,58,66)(H,59,69)(H,60,68)(H,61,71)(H,62,70)(H,63,73)(H,64,72). The smallest absolute Gasteiger partial charge is 0.328 e. The molecule has 91 heavy (non-hydrogen) atoms. The average molecular weight is 1300 g/mol. The van der Waals surface area contributed by atoms with Crippen molar-refractivity contribution in [3.8, 4) is 0 Å². The summed E-state index contributed by atoms with van der Waals surface area (Å²) in [5.41, 5.74) is 5.13. The van der Waals surface area contributed by atoms with Crippen LogP contribution in [0.2, 0.25) is 0 Å². The summed E-state index contributed by atoms with van der Waals surface area (Å²) in [5.74, 6) is -16.1. The number of carbonyl (C=O) groups is 18. The molecule has 0 heterocycles. The fourth-order valence-electron chi connectivity index (χ4n) is 8.14. The summed E-state index contributed by atoms with van der Waals surface area (Å²) in [6.45, 7) is 1.55. The predicted molar refractivity (Wildman–Crippen MR) is 305 cm³/mol. The van der Waals surface area contributed by atoms with Crippen LogP contribution in [0.15, 0.2) is 0 Å². The van der Waals surface area contributed by atoms with E-state index in [1.54, 1.807) is 6.92 Å². The molecule has 512 valence electrons. The van der Waals surface area contributed by atoms with E-state index in [-0.39, 0.29) is 44.9 Å². The van der Waals surface area contributed by atoms with Gasteiger partial charge in [0.2, 0.25) is 53.2 Å². The molecule has 0 aromatic rings. The highest BCUT2D eigenvalue weighted by Gasteiger charge is 2.32. The van der Waals surface area contributed by atoms with Gasteiger partial charge in [-0.1, -0.05) is 6.92 Å². The van der Waals surface area contributed by atoms with E-state index in [1.165, 1.54) is 7.11 Å². The van der Waals surface area contributed by atoms with E-state index in [4.69, 9.17) is 38.9 Å². The molecule has 0 aliphatic carbocycles. The van der Waals surface area contributed by atoms with E-state index < -0.39 is 232 Å². The lowest BCUT2D eigenvalue weighted by atomic mass is 10.0. The molecule has 0 radical (unpaired) electrons. The highest BCUT2D eigenvalue weighted by Crippen LogP contribution is 2.13. The summed E-state index contributed by atoms with van der Waals surface area (Å²) in [4.78, 5) is 227. The monoisotopic (exact) mass is 1300 g/mol. The molecule has 9 unspecified atom stereocenters. The second kappa shape index (κ2) is 44.8. The van der Waals surface area contributed by atoms with Crippen molar-refractivity contribution in [2.24, 2.45) is 11.7 Å². The molecule has 0 saturated heterocycles. The maximum Gasteiger partial charge on any atom is 0.328 e. The molecule has 9 amide bonds. The third-order valence-electron chi connectivity index (χ3n) is 13.3. The minimum atomic E-state index is -1.50. The van der Waals surface area contributed by atoms with Gasteiger partial charge in [0, 0.05) is 57.8 Å². The lowest BCUT2D eigenvalue weighted by Crippen LogP contribution is -2.47. The van der Waals surface area contributed by atoms with E-state index in [2.05, 4.69) is 52.0 Å². The highest BCUT2D eigenvalue weighted by molar-refractivity contribution is 5.92. The van der Waals surface area contributed by atoms with Crippen LogP contribution in [0, 0.1) is 5.92 Å². The zero-order chi connectivity index (χ0) is 69.3. The van der Waals surface area contributed by atoms with Crippen LogP contribution in [-0.2, 0) is 129 Å². The van der Waals surface area contributed by atoms with E-state index in [0.717, 1.165) is 56.9 Å². The number of nitrogens with two attached hydrogens (primary N) is 1. The number of rotatable bonds is 44. The summed E-state index contributed by atoms with van der Waals surface area (Å²) in [7, 11) is 9.30. The van der Waals surface area contributed by atoms with Gasteiger partial charge in [-0.25, -0.2) is 38.4 Å². The minimum Gasteiger partial charge on any atom is -0.469 e. The van der Waals surface area contributed by atoms with Gasteiger partial charge in [-0.15, -0.1) is 0 Å². The molecule has 0 aromatic heterocycles. The molecule has 0 rings (SSSR count). The highest BCUT2D eigenvalue weighted by atomic mass is 16.6. The van der Waals surface area contributed by atoms with Gasteiger partial charge in [0.05, 0.1) is 69.9 Å². The number of amides is 9.